The van der Waals surface area contributed by atoms with Gasteiger partial charge >= 0.3 is 0 Å². The van der Waals surface area contributed by atoms with Crippen molar-refractivity contribution in [1.29, 1.82) is 0 Å². The van der Waals surface area contributed by atoms with Gasteiger partial charge in [0, 0.05) is 37.4 Å². The van der Waals surface area contributed by atoms with E-state index < -0.39 is 10.0 Å². The summed E-state index contributed by atoms with van der Waals surface area (Å²) in [6.45, 7) is 8.20. The van der Waals surface area contributed by atoms with E-state index in [1.165, 1.54) is 4.31 Å². The number of aromatic amines is 1. The number of hydrogen-bond acceptors (Lipinski definition) is 6. The van der Waals surface area contributed by atoms with Crippen molar-refractivity contribution in [2.45, 2.75) is 32.1 Å². The quantitative estimate of drug-likeness (QED) is 0.765. The lowest BCUT2D eigenvalue weighted by Crippen LogP contribution is -2.47. The second-order valence-corrected chi connectivity index (χ2v) is 9.28. The highest BCUT2D eigenvalue weighted by Gasteiger charge is 2.28. The number of sulfonamides is 1. The van der Waals surface area contributed by atoms with E-state index in [2.05, 4.69) is 14.9 Å². The first-order valence-electron chi connectivity index (χ1n) is 9.77. The van der Waals surface area contributed by atoms with Gasteiger partial charge < -0.3 is 14.6 Å². The van der Waals surface area contributed by atoms with Crippen LogP contribution in [0.5, 0.6) is 5.75 Å². The van der Waals surface area contributed by atoms with Crippen molar-refractivity contribution in [2.24, 2.45) is 0 Å². The van der Waals surface area contributed by atoms with Crippen molar-refractivity contribution in [3.8, 4) is 17.1 Å². The number of ether oxygens (including phenoxy) is 1. The summed E-state index contributed by atoms with van der Waals surface area (Å²) in [4.78, 5) is 21.7. The van der Waals surface area contributed by atoms with Crippen LogP contribution in [0.3, 0.4) is 0 Å². The molecule has 3 rings (SSSR count). The summed E-state index contributed by atoms with van der Waals surface area (Å²) in [5, 5.41) is 0. The molecule has 2 heterocycles. The Bertz CT molecular complexity index is 1040. The molecule has 1 aromatic heterocycles. The van der Waals surface area contributed by atoms with Crippen molar-refractivity contribution in [2.75, 3.05) is 39.8 Å². The van der Waals surface area contributed by atoms with Crippen molar-refractivity contribution in [1.82, 2.24) is 19.2 Å². The molecule has 0 atom stereocenters. The molecule has 8 nitrogen and oxygen atoms in total. The number of nitrogens with zero attached hydrogens (tertiary/aromatic N) is 3. The molecular weight excluding hydrogens is 392 g/mol. The average molecular weight is 421 g/mol. The van der Waals surface area contributed by atoms with Gasteiger partial charge in [0.05, 0.1) is 17.1 Å². The zero-order chi connectivity index (χ0) is 21.2. The largest absolute Gasteiger partial charge is 0.493 e. The third-order valence-corrected chi connectivity index (χ3v) is 7.06. The molecule has 1 aliphatic heterocycles. The minimum atomic E-state index is -3.65. The first-order valence-corrected chi connectivity index (χ1v) is 11.2. The molecule has 0 bridgehead atoms. The maximum Gasteiger partial charge on any atom is 0.254 e. The molecule has 0 aliphatic carbocycles. The lowest BCUT2D eigenvalue weighted by atomic mass is 10.1. The predicted octanol–water partition coefficient (Wildman–Crippen LogP) is 1.78. The molecule has 2 aromatic rings. The number of aromatic nitrogens is 2. The molecular formula is C20H28N4O4S. The highest BCUT2D eigenvalue weighted by Crippen LogP contribution is 2.31. The number of benzene rings is 1. The Morgan fingerprint density at radius 3 is 2.48 bits per heavy atom. The number of likely N-dealkylation sites (N-methyl/N-ethyl adjacent to an activating group) is 1. The number of hydrogen-bond donors (Lipinski definition) is 1. The number of H-pyrrole nitrogens is 1. The van der Waals surface area contributed by atoms with Gasteiger partial charge in [-0.3, -0.25) is 4.79 Å². The van der Waals surface area contributed by atoms with Crippen molar-refractivity contribution >= 4 is 10.0 Å². The summed E-state index contributed by atoms with van der Waals surface area (Å²) in [6.07, 6.45) is 0.803. The van der Waals surface area contributed by atoms with Crippen LogP contribution in [-0.2, 0) is 10.0 Å². The van der Waals surface area contributed by atoms with E-state index in [-0.39, 0.29) is 10.5 Å². The summed E-state index contributed by atoms with van der Waals surface area (Å²) >= 11 is 0. The third kappa shape index (κ3) is 4.52. The zero-order valence-electron chi connectivity index (χ0n) is 17.4. The van der Waals surface area contributed by atoms with E-state index >= 15 is 0 Å². The molecule has 0 spiro atoms. The standard InChI is InChI=1S/C20H28N4O4S/c1-5-12-28-18-7-6-16(29(26,27)24-10-8-23(4)9-11-24)13-17(18)19-21-15(3)14(2)20(25)22-19/h6-7,13H,5,8-12H2,1-4H3,(H,21,22,25). The van der Waals surface area contributed by atoms with Crippen LogP contribution in [0.1, 0.15) is 24.6 Å². The fourth-order valence-electron chi connectivity index (χ4n) is 3.14. The molecule has 1 aromatic carbocycles. The molecule has 1 aliphatic rings. The van der Waals surface area contributed by atoms with E-state index in [1.807, 2.05) is 14.0 Å². The Morgan fingerprint density at radius 1 is 1.17 bits per heavy atom. The van der Waals surface area contributed by atoms with Gasteiger partial charge in [-0.2, -0.15) is 4.31 Å². The zero-order valence-corrected chi connectivity index (χ0v) is 18.2. The Balaban J connectivity index is 2.08. The second-order valence-electron chi connectivity index (χ2n) is 7.34. The maximum absolute atomic E-state index is 13.2. The van der Waals surface area contributed by atoms with Gasteiger partial charge in [-0.15, -0.1) is 0 Å². The fraction of sp³-hybridized carbons (Fsp3) is 0.500. The van der Waals surface area contributed by atoms with Crippen LogP contribution < -0.4 is 10.3 Å². The van der Waals surface area contributed by atoms with Crippen LogP contribution in [0.4, 0.5) is 0 Å². The second kappa shape index (κ2) is 8.64. The van der Waals surface area contributed by atoms with Crippen molar-refractivity contribution < 1.29 is 13.2 Å². The molecule has 158 valence electrons. The van der Waals surface area contributed by atoms with Crippen molar-refractivity contribution in [3.63, 3.8) is 0 Å². The van der Waals surface area contributed by atoms with Crippen LogP contribution in [-0.4, -0.2) is 67.4 Å². The van der Waals surface area contributed by atoms with E-state index in [9.17, 15) is 13.2 Å². The van der Waals surface area contributed by atoms with Gasteiger partial charge in [-0.1, -0.05) is 6.92 Å². The number of aryl methyl sites for hydroxylation is 1. The van der Waals surface area contributed by atoms with Crippen LogP contribution in [0.2, 0.25) is 0 Å². The lowest BCUT2D eigenvalue weighted by molar-refractivity contribution is 0.222. The number of rotatable bonds is 6. The molecule has 0 radical (unpaired) electrons. The van der Waals surface area contributed by atoms with Crippen LogP contribution in [0.15, 0.2) is 27.9 Å². The van der Waals surface area contributed by atoms with Crippen LogP contribution in [0.25, 0.3) is 11.4 Å². The molecule has 1 saturated heterocycles. The predicted molar refractivity (Wildman–Crippen MR) is 112 cm³/mol. The molecule has 0 unspecified atom stereocenters. The van der Waals surface area contributed by atoms with Crippen molar-refractivity contribution in [3.05, 3.63) is 39.8 Å². The molecule has 9 heteroatoms. The molecule has 0 amide bonds. The van der Waals surface area contributed by atoms with Crippen LogP contribution >= 0.6 is 0 Å². The van der Waals surface area contributed by atoms with Gasteiger partial charge in [0.1, 0.15) is 11.6 Å². The first-order chi connectivity index (χ1) is 13.7. The number of piperazine rings is 1. The number of nitrogens with one attached hydrogen (secondary N) is 1. The smallest absolute Gasteiger partial charge is 0.254 e. The van der Waals surface area contributed by atoms with Gasteiger partial charge in [0.25, 0.3) is 5.56 Å². The Morgan fingerprint density at radius 2 is 1.86 bits per heavy atom. The van der Waals surface area contributed by atoms with E-state index in [1.54, 1.807) is 32.0 Å². The molecule has 29 heavy (non-hydrogen) atoms. The van der Waals surface area contributed by atoms with Crippen LogP contribution in [0, 0.1) is 13.8 Å². The summed E-state index contributed by atoms with van der Waals surface area (Å²) in [6, 6.07) is 4.75. The average Bonchev–Trinajstić information content (AvgIpc) is 2.70. The summed E-state index contributed by atoms with van der Waals surface area (Å²) < 4.78 is 33.6. The Hall–Kier alpha value is -2.23. The third-order valence-electron chi connectivity index (χ3n) is 5.16. The maximum atomic E-state index is 13.2. The Labute approximate surface area is 171 Å². The normalized spacial score (nSPS) is 16.1. The minimum absolute atomic E-state index is 0.168. The SMILES string of the molecule is CCCOc1ccc(S(=O)(=O)N2CCN(C)CC2)cc1-c1nc(C)c(C)c(=O)[nH]1. The first kappa shape index (κ1) is 21.5. The van der Waals surface area contributed by atoms with Gasteiger partial charge in [-0.05, 0) is 45.5 Å². The summed E-state index contributed by atoms with van der Waals surface area (Å²) in [5.41, 5.74) is 1.35. The van der Waals surface area contributed by atoms with Gasteiger partial charge in [0.15, 0.2) is 0 Å². The highest BCUT2D eigenvalue weighted by molar-refractivity contribution is 7.89. The Kier molecular flexibility index (Phi) is 6.40. The molecule has 0 saturated carbocycles. The summed E-state index contributed by atoms with van der Waals surface area (Å²) in [7, 11) is -1.67. The molecule has 1 N–H and O–H groups in total. The van der Waals surface area contributed by atoms with Gasteiger partial charge in [0.2, 0.25) is 10.0 Å². The topological polar surface area (TPSA) is 95.6 Å². The monoisotopic (exact) mass is 420 g/mol. The summed E-state index contributed by atoms with van der Waals surface area (Å²) in [5.74, 6) is 0.801. The van der Waals surface area contributed by atoms with E-state index in [0.29, 0.717) is 61.2 Å². The highest BCUT2D eigenvalue weighted by atomic mass is 32.2. The lowest BCUT2D eigenvalue weighted by Gasteiger charge is -2.31. The fourth-order valence-corrected chi connectivity index (χ4v) is 4.59. The van der Waals surface area contributed by atoms with E-state index in [0.717, 1.165) is 6.42 Å². The minimum Gasteiger partial charge on any atom is -0.493 e. The van der Waals surface area contributed by atoms with Gasteiger partial charge in [-0.25, -0.2) is 13.4 Å². The van der Waals surface area contributed by atoms with E-state index in [4.69, 9.17) is 4.74 Å². The molecule has 1 fully saturated rings.